The van der Waals surface area contributed by atoms with Crippen molar-refractivity contribution in [3.05, 3.63) is 34.3 Å². The van der Waals surface area contributed by atoms with Crippen molar-refractivity contribution >= 4 is 34.8 Å². The van der Waals surface area contributed by atoms with E-state index in [9.17, 15) is 19.8 Å². The summed E-state index contributed by atoms with van der Waals surface area (Å²) in [5.74, 6) is 0.407. The SMILES string of the molecule is CC(=O)SCCC(O)C(O)c1cc(Cl)ccc1C=O. The predicted molar refractivity (Wildman–Crippen MR) is 75.6 cm³/mol. The molecular weight excluding hydrogens is 288 g/mol. The van der Waals surface area contributed by atoms with Gasteiger partial charge in [-0.15, -0.1) is 0 Å². The van der Waals surface area contributed by atoms with Crippen LogP contribution in [0.4, 0.5) is 0 Å². The van der Waals surface area contributed by atoms with E-state index in [1.807, 2.05) is 0 Å². The number of thioether (sulfide) groups is 1. The first-order valence-corrected chi connectivity index (χ1v) is 7.06. The minimum Gasteiger partial charge on any atom is -0.390 e. The summed E-state index contributed by atoms with van der Waals surface area (Å²) in [4.78, 5) is 21.6. The maximum absolute atomic E-state index is 10.9. The molecule has 2 unspecified atom stereocenters. The van der Waals surface area contributed by atoms with Crippen LogP contribution in [-0.4, -0.2) is 33.5 Å². The normalized spacial score (nSPS) is 13.9. The summed E-state index contributed by atoms with van der Waals surface area (Å²) >= 11 is 6.89. The molecule has 0 aliphatic rings. The van der Waals surface area contributed by atoms with E-state index in [2.05, 4.69) is 0 Å². The number of hydrogen-bond donors (Lipinski definition) is 2. The van der Waals surface area contributed by atoms with Gasteiger partial charge in [0.1, 0.15) is 12.4 Å². The van der Waals surface area contributed by atoms with Crippen LogP contribution in [0.25, 0.3) is 0 Å². The molecule has 1 rings (SSSR count). The van der Waals surface area contributed by atoms with Crippen molar-refractivity contribution in [2.75, 3.05) is 5.75 Å². The number of carbonyl (C=O) groups excluding carboxylic acids is 2. The molecule has 0 aliphatic heterocycles. The first kappa shape index (κ1) is 16.2. The zero-order chi connectivity index (χ0) is 14.4. The second-order valence-corrected chi connectivity index (χ2v) is 5.74. The first-order chi connectivity index (χ1) is 8.95. The van der Waals surface area contributed by atoms with Crippen molar-refractivity contribution in [1.29, 1.82) is 0 Å². The molecule has 2 atom stereocenters. The molecule has 104 valence electrons. The summed E-state index contributed by atoms with van der Waals surface area (Å²) in [5, 5.41) is 20.2. The molecule has 0 radical (unpaired) electrons. The highest BCUT2D eigenvalue weighted by Crippen LogP contribution is 2.25. The molecule has 6 heteroatoms. The maximum atomic E-state index is 10.9. The predicted octanol–water partition coefficient (Wildman–Crippen LogP) is 2.22. The molecule has 2 N–H and O–H groups in total. The van der Waals surface area contributed by atoms with Gasteiger partial charge in [0.15, 0.2) is 5.12 Å². The van der Waals surface area contributed by atoms with Crippen molar-refractivity contribution in [3.63, 3.8) is 0 Å². The van der Waals surface area contributed by atoms with E-state index in [4.69, 9.17) is 11.6 Å². The molecule has 1 aromatic rings. The van der Waals surface area contributed by atoms with Crippen molar-refractivity contribution in [2.24, 2.45) is 0 Å². The molecule has 0 amide bonds. The molecule has 4 nitrogen and oxygen atoms in total. The van der Waals surface area contributed by atoms with Crippen molar-refractivity contribution in [3.8, 4) is 0 Å². The molecule has 0 aliphatic carbocycles. The van der Waals surface area contributed by atoms with Crippen LogP contribution in [-0.2, 0) is 4.79 Å². The van der Waals surface area contributed by atoms with Gasteiger partial charge in [-0.1, -0.05) is 23.4 Å². The Morgan fingerprint density at radius 2 is 2.16 bits per heavy atom. The number of aldehydes is 1. The van der Waals surface area contributed by atoms with Gasteiger partial charge in [0.2, 0.25) is 0 Å². The quantitative estimate of drug-likeness (QED) is 0.788. The highest BCUT2D eigenvalue weighted by atomic mass is 35.5. The van der Waals surface area contributed by atoms with Crippen LogP contribution in [0, 0.1) is 0 Å². The second-order valence-electron chi connectivity index (χ2n) is 4.03. The number of hydrogen-bond acceptors (Lipinski definition) is 5. The lowest BCUT2D eigenvalue weighted by Crippen LogP contribution is -2.20. The van der Waals surface area contributed by atoms with E-state index in [0.29, 0.717) is 22.6 Å². The van der Waals surface area contributed by atoms with Gasteiger partial charge >= 0.3 is 0 Å². The van der Waals surface area contributed by atoms with E-state index in [1.165, 1.54) is 19.1 Å². The average Bonchev–Trinajstić information content (AvgIpc) is 2.37. The summed E-state index contributed by atoms with van der Waals surface area (Å²) in [6.07, 6.45) is -1.40. The Labute approximate surface area is 120 Å². The number of carbonyl (C=O) groups is 2. The smallest absolute Gasteiger partial charge is 0.185 e. The lowest BCUT2D eigenvalue weighted by Gasteiger charge is -2.19. The van der Waals surface area contributed by atoms with Crippen molar-refractivity contribution in [1.82, 2.24) is 0 Å². The van der Waals surface area contributed by atoms with Crippen LogP contribution >= 0.6 is 23.4 Å². The number of benzene rings is 1. The minimum atomic E-state index is -1.20. The van der Waals surface area contributed by atoms with Crippen LogP contribution < -0.4 is 0 Å². The Morgan fingerprint density at radius 3 is 2.74 bits per heavy atom. The van der Waals surface area contributed by atoms with Gasteiger partial charge in [0.25, 0.3) is 0 Å². The van der Waals surface area contributed by atoms with E-state index in [1.54, 1.807) is 6.07 Å². The van der Waals surface area contributed by atoms with Crippen LogP contribution in [0.5, 0.6) is 0 Å². The van der Waals surface area contributed by atoms with Gasteiger partial charge in [-0.25, -0.2) is 0 Å². The van der Waals surface area contributed by atoms with Gasteiger partial charge in [0.05, 0.1) is 6.10 Å². The van der Waals surface area contributed by atoms with E-state index in [-0.39, 0.29) is 17.1 Å². The van der Waals surface area contributed by atoms with Crippen LogP contribution in [0.3, 0.4) is 0 Å². The fourth-order valence-electron chi connectivity index (χ4n) is 1.60. The molecule has 19 heavy (non-hydrogen) atoms. The van der Waals surface area contributed by atoms with E-state index >= 15 is 0 Å². The van der Waals surface area contributed by atoms with E-state index in [0.717, 1.165) is 11.8 Å². The Bertz CT molecular complexity index is 464. The fraction of sp³-hybridized carbons (Fsp3) is 0.385. The van der Waals surface area contributed by atoms with Gasteiger partial charge in [-0.2, -0.15) is 0 Å². The van der Waals surface area contributed by atoms with Gasteiger partial charge in [-0.05, 0) is 30.2 Å². The standard InChI is InChI=1S/C13H15ClO4S/c1-8(16)19-5-4-12(17)13(18)11-6-10(14)3-2-9(11)7-15/h2-3,6-7,12-13,17-18H,4-5H2,1H3. The Kier molecular flexibility index (Phi) is 6.51. The number of aliphatic hydroxyl groups excluding tert-OH is 2. The Morgan fingerprint density at radius 1 is 1.47 bits per heavy atom. The largest absolute Gasteiger partial charge is 0.390 e. The molecule has 0 saturated carbocycles. The Hall–Kier alpha value is -0.880. The Balaban J connectivity index is 2.75. The molecule has 0 heterocycles. The summed E-state index contributed by atoms with van der Waals surface area (Å²) < 4.78 is 0. The third kappa shape index (κ3) is 4.95. The summed E-state index contributed by atoms with van der Waals surface area (Å²) in [6.45, 7) is 1.44. The minimum absolute atomic E-state index is 0.0435. The van der Waals surface area contributed by atoms with Gasteiger partial charge < -0.3 is 10.2 Å². The number of rotatable bonds is 6. The molecule has 0 fully saturated rings. The topological polar surface area (TPSA) is 74.6 Å². The zero-order valence-corrected chi connectivity index (χ0v) is 11.9. The van der Waals surface area contributed by atoms with Crippen LogP contribution in [0.15, 0.2) is 18.2 Å². The molecule has 0 spiro atoms. The molecule has 0 aromatic heterocycles. The summed E-state index contributed by atoms with van der Waals surface area (Å²) in [6, 6.07) is 4.49. The van der Waals surface area contributed by atoms with Gasteiger partial charge in [0, 0.05) is 23.3 Å². The summed E-state index contributed by atoms with van der Waals surface area (Å²) in [7, 11) is 0. The second kappa shape index (κ2) is 7.65. The molecular formula is C13H15ClO4S. The lowest BCUT2D eigenvalue weighted by molar-refractivity contribution is -0.109. The molecule has 0 saturated heterocycles. The van der Waals surface area contributed by atoms with Gasteiger partial charge in [-0.3, -0.25) is 9.59 Å². The lowest BCUT2D eigenvalue weighted by atomic mass is 9.98. The first-order valence-electron chi connectivity index (χ1n) is 5.69. The highest BCUT2D eigenvalue weighted by Gasteiger charge is 2.21. The monoisotopic (exact) mass is 302 g/mol. The third-order valence-corrected chi connectivity index (χ3v) is 3.66. The number of halogens is 1. The van der Waals surface area contributed by atoms with Crippen LogP contribution in [0.2, 0.25) is 5.02 Å². The molecule has 1 aromatic carbocycles. The van der Waals surface area contributed by atoms with E-state index < -0.39 is 12.2 Å². The third-order valence-electron chi connectivity index (χ3n) is 2.58. The molecule has 0 bridgehead atoms. The highest BCUT2D eigenvalue weighted by molar-refractivity contribution is 8.13. The van der Waals surface area contributed by atoms with Crippen molar-refractivity contribution < 1.29 is 19.8 Å². The average molecular weight is 303 g/mol. The zero-order valence-electron chi connectivity index (χ0n) is 10.4. The van der Waals surface area contributed by atoms with Crippen molar-refractivity contribution in [2.45, 2.75) is 25.6 Å². The number of aliphatic hydroxyl groups is 2. The fourth-order valence-corrected chi connectivity index (χ4v) is 2.42. The van der Waals surface area contributed by atoms with Crippen LogP contribution in [0.1, 0.15) is 35.4 Å². The maximum Gasteiger partial charge on any atom is 0.185 e. The summed E-state index contributed by atoms with van der Waals surface area (Å²) in [5.41, 5.74) is 0.581.